The smallest absolute Gasteiger partial charge is 0.360 e. The predicted molar refractivity (Wildman–Crippen MR) is 101 cm³/mol. The first kappa shape index (κ1) is 20.7. The molecule has 1 fully saturated rings. The third kappa shape index (κ3) is 5.71. The standard InChI is InChI=1S/C20H21F3N4O2/c21-20(22,23)16-7-4-8-17(13-16)27-11-9-26(10-12-27)14-18(28)24-25-19(29)15-5-2-1-3-6-15/h1-8,13H,9-12,14H2,(H,24,28)(H,25,29)/p+1. The van der Waals surface area contributed by atoms with Gasteiger partial charge >= 0.3 is 6.18 Å². The number of nitrogens with one attached hydrogen (secondary N) is 3. The van der Waals surface area contributed by atoms with E-state index in [1.54, 1.807) is 36.4 Å². The molecule has 29 heavy (non-hydrogen) atoms. The SMILES string of the molecule is O=C(C[NH+]1CCN(c2cccc(C(F)(F)F)c2)CC1)NNC(=O)c1ccccc1. The van der Waals surface area contributed by atoms with Crippen LogP contribution in [0.4, 0.5) is 18.9 Å². The van der Waals surface area contributed by atoms with Crippen molar-refractivity contribution in [2.75, 3.05) is 37.6 Å². The van der Waals surface area contributed by atoms with E-state index in [2.05, 4.69) is 10.9 Å². The molecule has 3 rings (SSSR count). The van der Waals surface area contributed by atoms with Crippen LogP contribution in [0.15, 0.2) is 54.6 Å². The summed E-state index contributed by atoms with van der Waals surface area (Å²) in [6.07, 6.45) is -4.37. The molecule has 3 N–H and O–H groups in total. The molecular weight excluding hydrogens is 385 g/mol. The van der Waals surface area contributed by atoms with Gasteiger partial charge in [0.25, 0.3) is 11.8 Å². The zero-order valence-electron chi connectivity index (χ0n) is 15.6. The quantitative estimate of drug-likeness (QED) is 0.659. The fraction of sp³-hybridized carbons (Fsp3) is 0.300. The number of alkyl halides is 3. The number of carbonyl (C=O) groups is 2. The lowest BCUT2D eigenvalue weighted by atomic mass is 10.1. The van der Waals surface area contributed by atoms with Crippen molar-refractivity contribution in [2.24, 2.45) is 0 Å². The Hall–Kier alpha value is -3.07. The number of anilines is 1. The number of halogens is 3. The molecule has 1 heterocycles. The molecule has 0 spiro atoms. The molecule has 1 saturated heterocycles. The Morgan fingerprint density at radius 3 is 2.31 bits per heavy atom. The van der Waals surface area contributed by atoms with E-state index >= 15 is 0 Å². The Morgan fingerprint density at radius 1 is 0.966 bits per heavy atom. The summed E-state index contributed by atoms with van der Waals surface area (Å²) in [6, 6.07) is 13.8. The maximum atomic E-state index is 12.9. The zero-order valence-corrected chi connectivity index (χ0v) is 15.6. The molecule has 0 radical (unpaired) electrons. The minimum Gasteiger partial charge on any atom is -0.360 e. The summed E-state index contributed by atoms with van der Waals surface area (Å²) >= 11 is 0. The average Bonchev–Trinajstić information content (AvgIpc) is 2.73. The number of hydrazine groups is 1. The Balaban J connectivity index is 1.45. The highest BCUT2D eigenvalue weighted by atomic mass is 19.4. The maximum Gasteiger partial charge on any atom is 0.416 e. The number of nitrogens with zero attached hydrogens (tertiary/aromatic N) is 1. The van der Waals surface area contributed by atoms with Gasteiger partial charge in [0.2, 0.25) is 0 Å². The third-order valence-electron chi connectivity index (χ3n) is 4.77. The van der Waals surface area contributed by atoms with Crippen molar-refractivity contribution in [1.29, 1.82) is 0 Å². The van der Waals surface area contributed by atoms with Gasteiger partial charge in [0.05, 0.1) is 31.7 Å². The second-order valence-electron chi connectivity index (χ2n) is 6.83. The summed E-state index contributed by atoms with van der Waals surface area (Å²) < 4.78 is 38.6. The van der Waals surface area contributed by atoms with Crippen molar-refractivity contribution in [2.45, 2.75) is 6.18 Å². The van der Waals surface area contributed by atoms with E-state index in [9.17, 15) is 22.8 Å². The van der Waals surface area contributed by atoms with Gasteiger partial charge in [-0.15, -0.1) is 0 Å². The van der Waals surface area contributed by atoms with Gasteiger partial charge in [-0.25, -0.2) is 0 Å². The van der Waals surface area contributed by atoms with E-state index in [4.69, 9.17) is 0 Å². The van der Waals surface area contributed by atoms with Gasteiger partial charge in [-0.2, -0.15) is 13.2 Å². The Labute approximate surface area is 166 Å². The molecule has 0 atom stereocenters. The monoisotopic (exact) mass is 407 g/mol. The summed E-state index contributed by atoms with van der Waals surface area (Å²) in [5, 5.41) is 0. The Morgan fingerprint density at radius 2 is 1.66 bits per heavy atom. The van der Waals surface area contributed by atoms with Crippen LogP contribution < -0.4 is 20.7 Å². The molecule has 154 valence electrons. The minimum atomic E-state index is -4.37. The number of hydrogen-bond acceptors (Lipinski definition) is 3. The first-order chi connectivity index (χ1) is 13.8. The van der Waals surface area contributed by atoms with Gasteiger partial charge in [0, 0.05) is 11.3 Å². The third-order valence-corrected chi connectivity index (χ3v) is 4.77. The van der Waals surface area contributed by atoms with Gasteiger partial charge in [-0.1, -0.05) is 24.3 Å². The lowest BCUT2D eigenvalue weighted by Crippen LogP contribution is -3.16. The first-order valence-electron chi connectivity index (χ1n) is 9.23. The molecule has 2 amide bonds. The molecule has 0 bridgehead atoms. The fourth-order valence-electron chi connectivity index (χ4n) is 3.20. The van der Waals surface area contributed by atoms with Crippen molar-refractivity contribution in [3.8, 4) is 0 Å². The molecule has 2 aromatic rings. The minimum absolute atomic E-state index is 0.172. The highest BCUT2D eigenvalue weighted by Gasteiger charge is 2.31. The number of quaternary nitrogens is 1. The second kappa shape index (κ2) is 8.95. The summed E-state index contributed by atoms with van der Waals surface area (Å²) in [4.78, 5) is 26.9. The van der Waals surface area contributed by atoms with Gasteiger partial charge in [-0.05, 0) is 30.3 Å². The average molecular weight is 407 g/mol. The van der Waals surface area contributed by atoms with Crippen LogP contribution in [0.3, 0.4) is 0 Å². The van der Waals surface area contributed by atoms with E-state index < -0.39 is 17.6 Å². The summed E-state index contributed by atoms with van der Waals surface area (Å²) in [6.45, 7) is 2.47. The van der Waals surface area contributed by atoms with E-state index in [0.29, 0.717) is 37.4 Å². The molecule has 0 aromatic heterocycles. The normalized spacial score (nSPS) is 15.1. The van der Waals surface area contributed by atoms with E-state index in [1.165, 1.54) is 6.07 Å². The van der Waals surface area contributed by atoms with Crippen molar-refractivity contribution in [3.63, 3.8) is 0 Å². The van der Waals surface area contributed by atoms with Crippen molar-refractivity contribution >= 4 is 17.5 Å². The van der Waals surface area contributed by atoms with Crippen LogP contribution in [-0.2, 0) is 11.0 Å². The van der Waals surface area contributed by atoms with Gasteiger partial charge in [0.1, 0.15) is 0 Å². The fourth-order valence-corrected chi connectivity index (χ4v) is 3.20. The van der Waals surface area contributed by atoms with Crippen LogP contribution in [0, 0.1) is 0 Å². The molecule has 6 nitrogen and oxygen atoms in total. The highest BCUT2D eigenvalue weighted by molar-refractivity contribution is 5.95. The van der Waals surface area contributed by atoms with E-state index in [0.717, 1.165) is 17.0 Å². The highest BCUT2D eigenvalue weighted by Crippen LogP contribution is 2.31. The zero-order chi connectivity index (χ0) is 20.9. The maximum absolute atomic E-state index is 12.9. The van der Waals surface area contributed by atoms with Gasteiger partial charge in [0.15, 0.2) is 6.54 Å². The van der Waals surface area contributed by atoms with Crippen molar-refractivity contribution < 1.29 is 27.7 Å². The van der Waals surface area contributed by atoms with Crippen LogP contribution in [0.25, 0.3) is 0 Å². The second-order valence-corrected chi connectivity index (χ2v) is 6.83. The molecular formula is C20H22F3N4O2+. The van der Waals surface area contributed by atoms with Crippen LogP contribution in [0.5, 0.6) is 0 Å². The summed E-state index contributed by atoms with van der Waals surface area (Å²) in [5.41, 5.74) is 5.07. The number of amides is 2. The number of hydrogen-bond donors (Lipinski definition) is 3. The van der Waals surface area contributed by atoms with Crippen LogP contribution in [0.1, 0.15) is 15.9 Å². The van der Waals surface area contributed by atoms with Crippen molar-refractivity contribution in [3.05, 3.63) is 65.7 Å². The van der Waals surface area contributed by atoms with Gasteiger partial charge < -0.3 is 9.80 Å². The summed E-state index contributed by atoms with van der Waals surface area (Å²) in [5.74, 6) is -0.722. The Bertz CT molecular complexity index is 850. The first-order valence-corrected chi connectivity index (χ1v) is 9.23. The summed E-state index contributed by atoms with van der Waals surface area (Å²) in [7, 11) is 0. The van der Waals surface area contributed by atoms with E-state index in [1.807, 2.05) is 4.90 Å². The number of benzene rings is 2. The van der Waals surface area contributed by atoms with Crippen LogP contribution >= 0.6 is 0 Å². The lowest BCUT2D eigenvalue weighted by molar-refractivity contribution is -0.892. The molecule has 9 heteroatoms. The molecule has 0 unspecified atom stereocenters. The molecule has 1 aliphatic heterocycles. The van der Waals surface area contributed by atoms with Gasteiger partial charge in [-0.3, -0.25) is 20.4 Å². The molecule has 1 aliphatic rings. The largest absolute Gasteiger partial charge is 0.416 e. The number of carbonyl (C=O) groups excluding carboxylic acids is 2. The molecule has 0 aliphatic carbocycles. The lowest BCUT2D eigenvalue weighted by Gasteiger charge is -2.33. The van der Waals surface area contributed by atoms with E-state index in [-0.39, 0.29) is 12.5 Å². The molecule has 2 aromatic carbocycles. The molecule has 0 saturated carbocycles. The van der Waals surface area contributed by atoms with Crippen LogP contribution in [-0.4, -0.2) is 44.5 Å². The van der Waals surface area contributed by atoms with Crippen LogP contribution in [0.2, 0.25) is 0 Å². The number of rotatable bonds is 4. The predicted octanol–water partition coefficient (Wildman–Crippen LogP) is 0.872. The van der Waals surface area contributed by atoms with Crippen molar-refractivity contribution in [1.82, 2.24) is 10.9 Å². The Kier molecular flexibility index (Phi) is 6.38. The topological polar surface area (TPSA) is 65.9 Å². The number of piperazine rings is 1.